The van der Waals surface area contributed by atoms with Crippen LogP contribution in [0.15, 0.2) is 36.4 Å². The Hall–Kier alpha value is -2.97. The van der Waals surface area contributed by atoms with Gasteiger partial charge in [0.2, 0.25) is 0 Å². The Balaban J connectivity index is 1.66. The molecule has 2 aromatic rings. The number of carbonyl (C=O) groups excluding carboxylic acids is 1. The van der Waals surface area contributed by atoms with Gasteiger partial charge in [-0.05, 0) is 67.3 Å². The predicted octanol–water partition coefficient (Wildman–Crippen LogP) is 7.84. The standard InChI is InChI=1S/C25H24F6O3/c1-2-3-15-4-6-16(7-5-15)8-9-17-12-20(27)23(21(28)13-17)24(32)33-18-10-11-22(19(26)14-18)34-25(29,30)31/h8-16H,2-7H2,1H3/b9-8+. The van der Waals surface area contributed by atoms with E-state index >= 15 is 0 Å². The van der Waals surface area contributed by atoms with Crippen molar-refractivity contribution in [3.05, 3.63) is 65.0 Å². The second-order valence-electron chi connectivity index (χ2n) is 8.32. The molecule has 1 aliphatic carbocycles. The lowest BCUT2D eigenvalue weighted by Gasteiger charge is -2.26. The van der Waals surface area contributed by atoms with Crippen LogP contribution in [0.3, 0.4) is 0 Å². The molecule has 0 amide bonds. The highest BCUT2D eigenvalue weighted by Crippen LogP contribution is 2.33. The van der Waals surface area contributed by atoms with Gasteiger partial charge in [-0.15, -0.1) is 13.2 Å². The summed E-state index contributed by atoms with van der Waals surface area (Å²) in [7, 11) is 0. The number of ether oxygens (including phenoxy) is 2. The Labute approximate surface area is 193 Å². The van der Waals surface area contributed by atoms with Gasteiger partial charge in [0.15, 0.2) is 11.6 Å². The van der Waals surface area contributed by atoms with Gasteiger partial charge in [0.05, 0.1) is 0 Å². The van der Waals surface area contributed by atoms with Crippen molar-refractivity contribution in [1.82, 2.24) is 0 Å². The fourth-order valence-corrected chi connectivity index (χ4v) is 4.12. The normalized spacial score (nSPS) is 18.8. The zero-order chi connectivity index (χ0) is 24.9. The van der Waals surface area contributed by atoms with E-state index in [2.05, 4.69) is 11.7 Å². The molecule has 0 atom stereocenters. The molecule has 0 radical (unpaired) electrons. The number of allylic oxidation sites excluding steroid dienone is 1. The molecule has 0 aliphatic heterocycles. The topological polar surface area (TPSA) is 35.5 Å². The van der Waals surface area contributed by atoms with E-state index in [1.165, 1.54) is 6.42 Å². The van der Waals surface area contributed by atoms with Crippen molar-refractivity contribution in [1.29, 1.82) is 0 Å². The summed E-state index contributed by atoms with van der Waals surface area (Å²) in [6.07, 6.45) is 5.06. The second-order valence-corrected chi connectivity index (χ2v) is 8.32. The molecular weight excluding hydrogens is 462 g/mol. The van der Waals surface area contributed by atoms with E-state index in [4.69, 9.17) is 4.74 Å². The Morgan fingerprint density at radius 3 is 2.21 bits per heavy atom. The summed E-state index contributed by atoms with van der Waals surface area (Å²) in [6.45, 7) is 2.16. The molecule has 1 saturated carbocycles. The second kappa shape index (κ2) is 11.0. The number of esters is 1. The van der Waals surface area contributed by atoms with E-state index in [9.17, 15) is 31.1 Å². The van der Waals surface area contributed by atoms with Crippen LogP contribution in [0, 0.1) is 29.3 Å². The molecule has 34 heavy (non-hydrogen) atoms. The first kappa shape index (κ1) is 25.6. The van der Waals surface area contributed by atoms with Crippen molar-refractivity contribution >= 4 is 12.0 Å². The summed E-state index contributed by atoms with van der Waals surface area (Å²) in [5, 5.41) is 0. The molecule has 0 N–H and O–H groups in total. The van der Waals surface area contributed by atoms with Crippen molar-refractivity contribution in [3.8, 4) is 11.5 Å². The minimum absolute atomic E-state index is 0.238. The first-order valence-electron chi connectivity index (χ1n) is 11.0. The number of rotatable bonds is 7. The summed E-state index contributed by atoms with van der Waals surface area (Å²) in [5.74, 6) is -5.89. The minimum atomic E-state index is -5.12. The first-order chi connectivity index (χ1) is 16.1. The fourth-order valence-electron chi connectivity index (χ4n) is 4.12. The van der Waals surface area contributed by atoms with E-state index < -0.39 is 46.8 Å². The van der Waals surface area contributed by atoms with Crippen LogP contribution in [0.25, 0.3) is 6.08 Å². The van der Waals surface area contributed by atoms with Crippen molar-refractivity contribution in [2.24, 2.45) is 11.8 Å². The predicted molar refractivity (Wildman–Crippen MR) is 114 cm³/mol. The van der Waals surface area contributed by atoms with Crippen LogP contribution >= 0.6 is 0 Å². The maximum atomic E-state index is 14.5. The van der Waals surface area contributed by atoms with E-state index in [-0.39, 0.29) is 5.56 Å². The third-order valence-corrected chi connectivity index (χ3v) is 5.76. The summed E-state index contributed by atoms with van der Waals surface area (Å²) >= 11 is 0. The summed E-state index contributed by atoms with van der Waals surface area (Å²) in [4.78, 5) is 12.2. The highest BCUT2D eigenvalue weighted by atomic mass is 19.4. The van der Waals surface area contributed by atoms with Gasteiger partial charge < -0.3 is 9.47 Å². The molecule has 1 aliphatic rings. The molecule has 0 bridgehead atoms. The molecule has 184 valence electrons. The maximum absolute atomic E-state index is 14.5. The lowest BCUT2D eigenvalue weighted by molar-refractivity contribution is -0.275. The van der Waals surface area contributed by atoms with Crippen molar-refractivity contribution in [3.63, 3.8) is 0 Å². The average molecular weight is 486 g/mol. The molecule has 9 heteroatoms. The number of benzene rings is 2. The Morgan fingerprint density at radius 2 is 1.65 bits per heavy atom. The molecule has 2 aromatic carbocycles. The zero-order valence-electron chi connectivity index (χ0n) is 18.4. The van der Waals surface area contributed by atoms with Crippen LogP contribution in [0.2, 0.25) is 0 Å². The number of hydrogen-bond acceptors (Lipinski definition) is 3. The van der Waals surface area contributed by atoms with Gasteiger partial charge in [-0.1, -0.05) is 31.9 Å². The van der Waals surface area contributed by atoms with Gasteiger partial charge in [-0.2, -0.15) is 0 Å². The minimum Gasteiger partial charge on any atom is -0.423 e. The molecule has 3 nitrogen and oxygen atoms in total. The lowest BCUT2D eigenvalue weighted by atomic mass is 9.80. The van der Waals surface area contributed by atoms with Gasteiger partial charge in [0, 0.05) is 6.07 Å². The SMILES string of the molecule is CCCC1CCC(/C=C/c2cc(F)c(C(=O)Oc3ccc(OC(F)(F)F)c(F)c3)c(F)c2)CC1. The summed E-state index contributed by atoms with van der Waals surface area (Å²) < 4.78 is 87.6. The Morgan fingerprint density at radius 1 is 1.00 bits per heavy atom. The van der Waals surface area contributed by atoms with E-state index in [1.54, 1.807) is 6.08 Å². The number of alkyl halides is 3. The molecule has 1 fully saturated rings. The van der Waals surface area contributed by atoms with Gasteiger partial charge in [0.1, 0.15) is 22.9 Å². The smallest absolute Gasteiger partial charge is 0.423 e. The third kappa shape index (κ3) is 7.01. The van der Waals surface area contributed by atoms with Crippen molar-refractivity contribution in [2.75, 3.05) is 0 Å². The fraction of sp³-hybridized carbons (Fsp3) is 0.400. The highest BCUT2D eigenvalue weighted by molar-refractivity contribution is 5.92. The Bertz CT molecular complexity index is 1020. The van der Waals surface area contributed by atoms with E-state index in [1.807, 2.05) is 6.08 Å². The van der Waals surface area contributed by atoms with Gasteiger partial charge in [0.25, 0.3) is 0 Å². The maximum Gasteiger partial charge on any atom is 0.573 e. The number of hydrogen-bond donors (Lipinski definition) is 0. The van der Waals surface area contributed by atoms with Gasteiger partial charge in [-0.3, -0.25) is 0 Å². The highest BCUT2D eigenvalue weighted by Gasteiger charge is 2.32. The third-order valence-electron chi connectivity index (χ3n) is 5.76. The van der Waals surface area contributed by atoms with Crippen molar-refractivity contribution in [2.45, 2.75) is 51.8 Å². The molecule has 0 unspecified atom stereocenters. The summed E-state index contributed by atoms with van der Waals surface area (Å²) in [5.41, 5.74) is -0.754. The number of carbonyl (C=O) groups is 1. The lowest BCUT2D eigenvalue weighted by Crippen LogP contribution is -2.18. The van der Waals surface area contributed by atoms with Crippen LogP contribution in [-0.2, 0) is 0 Å². The zero-order valence-corrected chi connectivity index (χ0v) is 18.4. The molecule has 0 aromatic heterocycles. The molecule has 0 saturated heterocycles. The van der Waals surface area contributed by atoms with E-state index in [0.29, 0.717) is 18.1 Å². The quantitative estimate of drug-likeness (QED) is 0.227. The molecule has 0 heterocycles. The van der Waals surface area contributed by atoms with Crippen LogP contribution in [0.4, 0.5) is 26.3 Å². The van der Waals surface area contributed by atoms with Gasteiger partial charge >= 0.3 is 12.3 Å². The van der Waals surface area contributed by atoms with Crippen LogP contribution < -0.4 is 9.47 Å². The largest absolute Gasteiger partial charge is 0.573 e. The first-order valence-corrected chi connectivity index (χ1v) is 11.0. The summed E-state index contributed by atoms with van der Waals surface area (Å²) in [6, 6.07) is 3.81. The van der Waals surface area contributed by atoms with Crippen LogP contribution in [0.1, 0.15) is 61.4 Å². The number of halogens is 6. The van der Waals surface area contributed by atoms with Crippen LogP contribution in [0.5, 0.6) is 11.5 Å². The Kier molecular flexibility index (Phi) is 8.28. The molecular formula is C25H24F6O3. The van der Waals surface area contributed by atoms with Gasteiger partial charge in [-0.25, -0.2) is 18.0 Å². The monoisotopic (exact) mass is 486 g/mol. The van der Waals surface area contributed by atoms with Crippen molar-refractivity contribution < 1.29 is 40.6 Å². The molecule has 0 spiro atoms. The average Bonchev–Trinajstić information content (AvgIpc) is 2.74. The van der Waals surface area contributed by atoms with Crippen LogP contribution in [-0.4, -0.2) is 12.3 Å². The molecule has 3 rings (SSSR count). The van der Waals surface area contributed by atoms with E-state index in [0.717, 1.165) is 56.2 Å².